The van der Waals surface area contributed by atoms with Gasteiger partial charge in [0.1, 0.15) is 17.2 Å². The average molecular weight is 500 g/mol. The fraction of sp³-hybridized carbons (Fsp3) is 0.536. The van der Waals surface area contributed by atoms with Gasteiger partial charge in [-0.05, 0) is 83.9 Å². The molecule has 7 heteroatoms. The zero-order valence-electron chi connectivity index (χ0n) is 21.6. The molecule has 35 heavy (non-hydrogen) atoms. The van der Waals surface area contributed by atoms with Crippen LogP contribution in [0.4, 0.5) is 0 Å². The lowest BCUT2D eigenvalue weighted by atomic mass is 10.2. The average Bonchev–Trinajstić information content (AvgIpc) is 3.27. The molecule has 0 saturated heterocycles. The number of benzene rings is 1. The van der Waals surface area contributed by atoms with Crippen molar-refractivity contribution in [3.63, 3.8) is 0 Å². The lowest BCUT2D eigenvalue weighted by Crippen LogP contribution is -2.03. The van der Waals surface area contributed by atoms with Gasteiger partial charge in [0.25, 0.3) is 0 Å². The molecule has 0 fully saturated rings. The minimum absolute atomic E-state index is 0.639. The third kappa shape index (κ3) is 13.7. The van der Waals surface area contributed by atoms with Gasteiger partial charge in [0.15, 0.2) is 0 Å². The summed E-state index contributed by atoms with van der Waals surface area (Å²) in [5.74, 6) is 2.34. The van der Waals surface area contributed by atoms with E-state index >= 15 is 0 Å². The van der Waals surface area contributed by atoms with E-state index in [0.29, 0.717) is 19.8 Å². The highest BCUT2D eigenvalue weighted by molar-refractivity contribution is 7.13. The van der Waals surface area contributed by atoms with Crippen molar-refractivity contribution in [2.75, 3.05) is 39.5 Å². The zero-order chi connectivity index (χ0) is 25.0. The summed E-state index contributed by atoms with van der Waals surface area (Å²) in [6, 6.07) is 10.1. The third-order valence-electron chi connectivity index (χ3n) is 5.05. The summed E-state index contributed by atoms with van der Waals surface area (Å²) in [4.78, 5) is 15.5. The molecule has 0 atom stereocenters. The first-order valence-corrected chi connectivity index (χ1v) is 13.5. The van der Waals surface area contributed by atoms with Crippen molar-refractivity contribution < 1.29 is 14.2 Å². The van der Waals surface area contributed by atoms with Crippen LogP contribution < -0.4 is 14.2 Å². The van der Waals surface area contributed by atoms with Gasteiger partial charge in [-0.3, -0.25) is 15.0 Å². The Morgan fingerprint density at radius 2 is 1.11 bits per heavy atom. The quantitative estimate of drug-likeness (QED) is 0.157. The van der Waals surface area contributed by atoms with Crippen molar-refractivity contribution in [3.05, 3.63) is 40.1 Å². The molecule has 1 aromatic carbocycles. The molecule has 0 radical (unpaired) electrons. The van der Waals surface area contributed by atoms with Gasteiger partial charge in [0, 0.05) is 53.8 Å². The van der Waals surface area contributed by atoms with Crippen molar-refractivity contribution in [1.82, 2.24) is 0 Å². The largest absolute Gasteiger partial charge is 0.493 e. The van der Waals surface area contributed by atoms with E-state index in [0.717, 1.165) is 75.4 Å². The number of ether oxygens (including phenoxy) is 3. The Morgan fingerprint density at radius 3 is 1.51 bits per heavy atom. The maximum atomic E-state index is 6.03. The van der Waals surface area contributed by atoms with Gasteiger partial charge in [-0.25, -0.2) is 0 Å². The van der Waals surface area contributed by atoms with E-state index in [1.54, 1.807) is 11.3 Å². The Morgan fingerprint density at radius 1 is 0.657 bits per heavy atom. The fourth-order valence-electron chi connectivity index (χ4n) is 3.22. The van der Waals surface area contributed by atoms with Crippen LogP contribution in [0.3, 0.4) is 0 Å². The van der Waals surface area contributed by atoms with Crippen molar-refractivity contribution in [2.24, 2.45) is 15.0 Å². The summed E-state index contributed by atoms with van der Waals surface area (Å²) in [5.41, 5.74) is 0. The molecule has 2 rings (SSSR count). The number of unbranched alkanes of at least 4 members (excludes halogenated alkanes) is 3. The number of hydrogen-bond donors (Lipinski definition) is 0. The maximum Gasteiger partial charge on any atom is 0.126 e. The van der Waals surface area contributed by atoms with Crippen molar-refractivity contribution in [1.29, 1.82) is 0 Å². The highest BCUT2D eigenvalue weighted by Gasteiger charge is 2.05. The van der Waals surface area contributed by atoms with E-state index in [1.165, 1.54) is 9.75 Å². The van der Waals surface area contributed by atoms with E-state index < -0.39 is 0 Å². The number of thiophene rings is 1. The van der Waals surface area contributed by atoms with Gasteiger partial charge >= 0.3 is 0 Å². The molecular formula is C28H41N3O3S. The predicted molar refractivity (Wildman–Crippen MR) is 150 cm³/mol. The normalized spacial score (nSPS) is 11.7. The van der Waals surface area contributed by atoms with Gasteiger partial charge in [-0.15, -0.1) is 11.3 Å². The van der Waals surface area contributed by atoms with E-state index in [2.05, 4.69) is 34.0 Å². The molecule has 0 N–H and O–H groups in total. The second-order valence-electron chi connectivity index (χ2n) is 8.12. The molecule has 0 bridgehead atoms. The van der Waals surface area contributed by atoms with Crippen LogP contribution in [0.2, 0.25) is 0 Å². The van der Waals surface area contributed by atoms with Crippen LogP contribution in [-0.2, 0) is 0 Å². The van der Waals surface area contributed by atoms with Crippen LogP contribution >= 0.6 is 11.3 Å². The van der Waals surface area contributed by atoms with Crippen LogP contribution in [0.15, 0.2) is 45.3 Å². The molecule has 0 spiro atoms. The molecule has 0 aliphatic carbocycles. The van der Waals surface area contributed by atoms with Crippen molar-refractivity contribution in [2.45, 2.75) is 59.3 Å². The Balaban J connectivity index is 1.78. The standard InChI is InChI=1S/C28H41N3O3S/c1-4-29-14-6-9-17-32-25-20-26(33-18-10-7-15-30-5-2)22-27(21-25)34-19-11-8-16-31-23-28-13-12-24(3)35-28/h4-5,12-13,20-23H,6-11,14-19H2,1-3H3. The second-order valence-corrected chi connectivity index (χ2v) is 9.44. The van der Waals surface area contributed by atoms with E-state index in [4.69, 9.17) is 14.2 Å². The number of aliphatic imine (C=N–C) groups is 3. The number of rotatable bonds is 19. The second kappa shape index (κ2) is 18.6. The summed E-state index contributed by atoms with van der Waals surface area (Å²) in [7, 11) is 0. The van der Waals surface area contributed by atoms with Crippen LogP contribution in [0.25, 0.3) is 0 Å². The summed E-state index contributed by atoms with van der Waals surface area (Å²) in [6.07, 6.45) is 11.5. The smallest absolute Gasteiger partial charge is 0.126 e. The molecule has 0 aliphatic heterocycles. The van der Waals surface area contributed by atoms with Crippen LogP contribution in [0.5, 0.6) is 17.2 Å². The lowest BCUT2D eigenvalue weighted by Gasteiger charge is -2.13. The summed E-state index contributed by atoms with van der Waals surface area (Å²) in [6.45, 7) is 10.4. The minimum Gasteiger partial charge on any atom is -0.493 e. The lowest BCUT2D eigenvalue weighted by molar-refractivity contribution is 0.278. The Bertz CT molecular complexity index is 868. The summed E-state index contributed by atoms with van der Waals surface area (Å²) in [5, 5.41) is 0. The third-order valence-corrected chi connectivity index (χ3v) is 5.98. The first kappa shape index (κ1) is 28.6. The van der Waals surface area contributed by atoms with Crippen molar-refractivity contribution in [3.8, 4) is 17.2 Å². The molecule has 1 aromatic heterocycles. The van der Waals surface area contributed by atoms with Gasteiger partial charge in [-0.2, -0.15) is 0 Å². The van der Waals surface area contributed by atoms with E-state index in [1.807, 2.05) is 50.7 Å². The molecule has 0 unspecified atom stereocenters. The Labute approximate surface area is 215 Å². The number of hydrogen-bond acceptors (Lipinski definition) is 7. The van der Waals surface area contributed by atoms with Crippen LogP contribution in [0.1, 0.15) is 62.1 Å². The Kier molecular flexibility index (Phi) is 15.2. The number of aryl methyl sites for hydroxylation is 1. The number of nitrogens with zero attached hydrogens (tertiary/aromatic N) is 3. The molecule has 0 saturated carbocycles. The van der Waals surface area contributed by atoms with Crippen LogP contribution in [0, 0.1) is 6.92 Å². The SMILES string of the molecule is CC=NCCCCOc1cc(OCCCCN=CC)cc(OCCCCN=Cc2ccc(C)s2)c1. The molecule has 6 nitrogen and oxygen atoms in total. The van der Waals surface area contributed by atoms with Gasteiger partial charge in [0.2, 0.25) is 0 Å². The van der Waals surface area contributed by atoms with Crippen molar-refractivity contribution >= 4 is 30.0 Å². The van der Waals surface area contributed by atoms with Crippen LogP contribution in [-0.4, -0.2) is 58.1 Å². The highest BCUT2D eigenvalue weighted by Crippen LogP contribution is 2.28. The van der Waals surface area contributed by atoms with Gasteiger partial charge in [0.05, 0.1) is 19.8 Å². The topological polar surface area (TPSA) is 64.8 Å². The highest BCUT2D eigenvalue weighted by atomic mass is 32.1. The molecule has 1 heterocycles. The molecular weight excluding hydrogens is 458 g/mol. The van der Waals surface area contributed by atoms with E-state index in [9.17, 15) is 0 Å². The maximum absolute atomic E-state index is 6.03. The predicted octanol–water partition coefficient (Wildman–Crippen LogP) is 6.83. The molecule has 2 aromatic rings. The van der Waals surface area contributed by atoms with Gasteiger partial charge < -0.3 is 14.2 Å². The van der Waals surface area contributed by atoms with Gasteiger partial charge in [-0.1, -0.05) is 0 Å². The Hall–Kier alpha value is -2.67. The zero-order valence-corrected chi connectivity index (χ0v) is 22.4. The summed E-state index contributed by atoms with van der Waals surface area (Å²) < 4.78 is 18.0. The first-order valence-electron chi connectivity index (χ1n) is 12.7. The molecule has 0 amide bonds. The summed E-state index contributed by atoms with van der Waals surface area (Å²) >= 11 is 1.77. The minimum atomic E-state index is 0.639. The molecule has 192 valence electrons. The fourth-order valence-corrected chi connectivity index (χ4v) is 3.99. The monoisotopic (exact) mass is 499 g/mol. The first-order chi connectivity index (χ1) is 17.2. The molecule has 0 aliphatic rings. The van der Waals surface area contributed by atoms with E-state index in [-0.39, 0.29) is 0 Å².